The minimum Gasteiger partial charge on any atom is -0.458 e. The monoisotopic (exact) mass is 266 g/mol. The summed E-state index contributed by atoms with van der Waals surface area (Å²) in [5.74, 6) is -1.37. The van der Waals surface area contributed by atoms with E-state index in [-0.39, 0.29) is 6.54 Å². The van der Waals surface area contributed by atoms with Crippen molar-refractivity contribution in [3.8, 4) is 0 Å². The number of aromatic nitrogens is 1. The van der Waals surface area contributed by atoms with Gasteiger partial charge in [-0.3, -0.25) is 4.98 Å². The van der Waals surface area contributed by atoms with Crippen molar-refractivity contribution in [2.75, 3.05) is 13.1 Å². The van der Waals surface area contributed by atoms with Crippen LogP contribution in [0.5, 0.6) is 0 Å². The average Bonchev–Trinajstić information content (AvgIpc) is 2.72. The number of halogens is 1. The van der Waals surface area contributed by atoms with E-state index in [1.165, 1.54) is 0 Å². The van der Waals surface area contributed by atoms with Crippen molar-refractivity contribution in [2.24, 2.45) is 0 Å². The molecule has 0 bridgehead atoms. The van der Waals surface area contributed by atoms with E-state index in [0.717, 1.165) is 0 Å². The SMILES string of the molecule is CC(C)(C)OC(=O)[C@@]1(F)CNC[C@@H]1c1cccnc1. The standard InChI is InChI=1S/C14H19FN2O2/c1-13(2,3)19-12(18)14(15)9-17-8-11(14)10-5-4-6-16-7-10/h4-7,11,17H,8-9H2,1-3H3/t11-,14-/m1/s1. The molecule has 0 aromatic carbocycles. The zero-order valence-corrected chi connectivity index (χ0v) is 11.4. The lowest BCUT2D eigenvalue weighted by molar-refractivity contribution is -0.169. The molecule has 1 saturated heterocycles. The maximum absolute atomic E-state index is 15.0. The second kappa shape index (κ2) is 4.89. The number of esters is 1. The summed E-state index contributed by atoms with van der Waals surface area (Å²) in [6.07, 6.45) is 3.22. The lowest BCUT2D eigenvalue weighted by Crippen LogP contribution is -2.45. The fraction of sp³-hybridized carbons (Fsp3) is 0.571. The van der Waals surface area contributed by atoms with Crippen LogP contribution in [0.3, 0.4) is 0 Å². The van der Waals surface area contributed by atoms with E-state index >= 15 is 4.39 Å². The molecule has 1 aromatic rings. The fourth-order valence-corrected chi connectivity index (χ4v) is 2.22. The quantitative estimate of drug-likeness (QED) is 0.830. The number of carbonyl (C=O) groups excluding carboxylic acids is 1. The van der Waals surface area contributed by atoms with Crippen molar-refractivity contribution in [1.82, 2.24) is 10.3 Å². The molecule has 4 nitrogen and oxygen atoms in total. The first-order valence-corrected chi connectivity index (χ1v) is 6.36. The Balaban J connectivity index is 2.24. The Morgan fingerprint density at radius 1 is 1.58 bits per heavy atom. The van der Waals surface area contributed by atoms with Gasteiger partial charge in [0, 0.05) is 31.4 Å². The summed E-state index contributed by atoms with van der Waals surface area (Å²) < 4.78 is 20.2. The Morgan fingerprint density at radius 2 is 2.32 bits per heavy atom. The molecular formula is C14H19FN2O2. The van der Waals surface area contributed by atoms with Crippen LogP contribution in [0.2, 0.25) is 0 Å². The van der Waals surface area contributed by atoms with Gasteiger partial charge in [-0.2, -0.15) is 0 Å². The normalized spacial score (nSPS) is 27.3. The number of nitrogens with one attached hydrogen (secondary N) is 1. The summed E-state index contributed by atoms with van der Waals surface area (Å²) in [7, 11) is 0. The highest BCUT2D eigenvalue weighted by molar-refractivity contribution is 5.82. The Bertz CT molecular complexity index is 458. The summed E-state index contributed by atoms with van der Waals surface area (Å²) >= 11 is 0. The number of hydrogen-bond donors (Lipinski definition) is 1. The van der Waals surface area contributed by atoms with Crippen LogP contribution >= 0.6 is 0 Å². The first-order valence-electron chi connectivity index (χ1n) is 6.36. The van der Waals surface area contributed by atoms with Gasteiger partial charge in [-0.15, -0.1) is 0 Å². The first-order chi connectivity index (χ1) is 8.83. The van der Waals surface area contributed by atoms with Crippen molar-refractivity contribution < 1.29 is 13.9 Å². The minimum absolute atomic E-state index is 0.0263. The molecule has 2 atom stereocenters. The van der Waals surface area contributed by atoms with Crippen molar-refractivity contribution in [1.29, 1.82) is 0 Å². The fourth-order valence-electron chi connectivity index (χ4n) is 2.22. The van der Waals surface area contributed by atoms with Crippen LogP contribution in [-0.2, 0) is 9.53 Å². The maximum atomic E-state index is 15.0. The third kappa shape index (κ3) is 2.92. The third-order valence-corrected chi connectivity index (χ3v) is 3.11. The van der Waals surface area contributed by atoms with Gasteiger partial charge in [0.05, 0.1) is 0 Å². The van der Waals surface area contributed by atoms with Crippen LogP contribution in [0.1, 0.15) is 32.3 Å². The molecular weight excluding hydrogens is 247 g/mol. The van der Waals surface area contributed by atoms with Crippen molar-refractivity contribution in [3.63, 3.8) is 0 Å². The van der Waals surface area contributed by atoms with E-state index in [0.29, 0.717) is 12.1 Å². The molecule has 104 valence electrons. The number of hydrogen-bond acceptors (Lipinski definition) is 4. The molecule has 1 fully saturated rings. The number of ether oxygens (including phenoxy) is 1. The molecule has 1 N–H and O–H groups in total. The van der Waals surface area contributed by atoms with Gasteiger partial charge in [-0.1, -0.05) is 6.07 Å². The van der Waals surface area contributed by atoms with E-state index in [1.807, 2.05) is 0 Å². The second-order valence-corrected chi connectivity index (χ2v) is 5.83. The van der Waals surface area contributed by atoms with Crippen molar-refractivity contribution in [3.05, 3.63) is 30.1 Å². The number of pyridine rings is 1. The molecule has 1 aliphatic rings. The topological polar surface area (TPSA) is 51.2 Å². The highest BCUT2D eigenvalue weighted by Gasteiger charge is 2.52. The molecule has 0 spiro atoms. The Hall–Kier alpha value is -1.49. The van der Waals surface area contributed by atoms with Gasteiger partial charge in [0.1, 0.15) is 5.60 Å². The average molecular weight is 266 g/mol. The molecule has 5 heteroatoms. The van der Waals surface area contributed by atoms with Crippen molar-refractivity contribution >= 4 is 5.97 Å². The van der Waals surface area contributed by atoms with Gasteiger partial charge < -0.3 is 10.1 Å². The summed E-state index contributed by atoms with van der Waals surface area (Å²) in [4.78, 5) is 16.1. The maximum Gasteiger partial charge on any atom is 0.346 e. The molecule has 0 aliphatic carbocycles. The largest absolute Gasteiger partial charge is 0.458 e. The van der Waals surface area contributed by atoms with E-state index in [1.54, 1.807) is 45.3 Å². The molecule has 0 radical (unpaired) electrons. The molecule has 1 aromatic heterocycles. The van der Waals surface area contributed by atoms with Crippen LogP contribution < -0.4 is 5.32 Å². The summed E-state index contributed by atoms with van der Waals surface area (Å²) in [5.41, 5.74) is -2.02. The Morgan fingerprint density at radius 3 is 2.89 bits per heavy atom. The molecule has 2 rings (SSSR count). The summed E-state index contributed by atoms with van der Waals surface area (Å²) in [6.45, 7) is 5.57. The molecule has 19 heavy (non-hydrogen) atoms. The molecule has 0 saturated carbocycles. The lowest BCUT2D eigenvalue weighted by Gasteiger charge is -2.29. The van der Waals surface area contributed by atoms with Gasteiger partial charge in [0.2, 0.25) is 5.67 Å². The minimum atomic E-state index is -2.03. The van der Waals surface area contributed by atoms with E-state index in [2.05, 4.69) is 10.3 Å². The highest BCUT2D eigenvalue weighted by atomic mass is 19.1. The van der Waals surface area contributed by atoms with Crippen LogP contribution in [0.15, 0.2) is 24.5 Å². The molecule has 0 unspecified atom stereocenters. The Labute approximate surface area is 112 Å². The number of carbonyl (C=O) groups is 1. The van der Waals surface area contributed by atoms with Gasteiger partial charge >= 0.3 is 5.97 Å². The van der Waals surface area contributed by atoms with Crippen LogP contribution in [0, 0.1) is 0 Å². The predicted molar refractivity (Wildman–Crippen MR) is 69.5 cm³/mol. The van der Waals surface area contributed by atoms with Gasteiger partial charge in [-0.05, 0) is 32.4 Å². The third-order valence-electron chi connectivity index (χ3n) is 3.11. The van der Waals surface area contributed by atoms with Gasteiger partial charge in [0.15, 0.2) is 0 Å². The van der Waals surface area contributed by atoms with Crippen LogP contribution in [0.4, 0.5) is 4.39 Å². The van der Waals surface area contributed by atoms with E-state index in [9.17, 15) is 4.79 Å². The number of rotatable bonds is 2. The highest BCUT2D eigenvalue weighted by Crippen LogP contribution is 2.36. The van der Waals surface area contributed by atoms with E-state index in [4.69, 9.17) is 4.74 Å². The zero-order valence-electron chi connectivity index (χ0n) is 11.4. The Kier molecular flexibility index (Phi) is 3.58. The van der Waals surface area contributed by atoms with Crippen LogP contribution in [-0.4, -0.2) is 35.3 Å². The molecule has 2 heterocycles. The van der Waals surface area contributed by atoms with Crippen LogP contribution in [0.25, 0.3) is 0 Å². The molecule has 0 amide bonds. The van der Waals surface area contributed by atoms with E-state index < -0.39 is 23.2 Å². The smallest absolute Gasteiger partial charge is 0.346 e. The summed E-state index contributed by atoms with van der Waals surface area (Å²) in [6, 6.07) is 3.52. The van der Waals surface area contributed by atoms with Gasteiger partial charge in [-0.25, -0.2) is 9.18 Å². The van der Waals surface area contributed by atoms with Gasteiger partial charge in [0.25, 0.3) is 0 Å². The lowest BCUT2D eigenvalue weighted by atomic mass is 9.87. The van der Waals surface area contributed by atoms with Crippen molar-refractivity contribution in [2.45, 2.75) is 38.0 Å². The zero-order chi connectivity index (χ0) is 14.1. The molecule has 1 aliphatic heterocycles. The predicted octanol–water partition coefficient (Wildman–Crippen LogP) is 1.82. The second-order valence-electron chi connectivity index (χ2n) is 5.83. The first kappa shape index (κ1) is 13.9. The number of nitrogens with zero attached hydrogens (tertiary/aromatic N) is 1. The summed E-state index contributed by atoms with van der Waals surface area (Å²) in [5, 5.41) is 2.92. The number of alkyl halides is 1.